The van der Waals surface area contributed by atoms with Crippen LogP contribution in [0.25, 0.3) is 0 Å². The summed E-state index contributed by atoms with van der Waals surface area (Å²) in [5.74, 6) is -0.588. The van der Waals surface area contributed by atoms with E-state index in [-0.39, 0.29) is 29.5 Å². The zero-order valence-corrected chi connectivity index (χ0v) is 20.4. The molecule has 2 N–H and O–H groups in total. The highest BCUT2D eigenvalue weighted by molar-refractivity contribution is 8.01. The van der Waals surface area contributed by atoms with Gasteiger partial charge in [0.25, 0.3) is 0 Å². The summed E-state index contributed by atoms with van der Waals surface area (Å²) in [5, 5.41) is 14.7. The Labute approximate surface area is 199 Å². The van der Waals surface area contributed by atoms with Crippen LogP contribution in [0.4, 0.5) is 10.1 Å². The van der Waals surface area contributed by atoms with Gasteiger partial charge in [-0.2, -0.15) is 5.26 Å². The first-order valence-corrected chi connectivity index (χ1v) is 12.1. The Morgan fingerprint density at radius 3 is 2.85 bits per heavy atom. The van der Waals surface area contributed by atoms with Crippen LogP contribution >= 0.6 is 11.8 Å². The molecule has 0 aliphatic carbocycles. The van der Waals surface area contributed by atoms with Gasteiger partial charge in [0.15, 0.2) is 0 Å². The van der Waals surface area contributed by atoms with Crippen LogP contribution in [0.5, 0.6) is 5.75 Å². The van der Waals surface area contributed by atoms with E-state index in [9.17, 15) is 19.2 Å². The van der Waals surface area contributed by atoms with Crippen molar-refractivity contribution in [3.05, 3.63) is 24.3 Å². The number of alkyl halides is 1. The number of halogens is 1. The third-order valence-corrected chi connectivity index (χ3v) is 6.78. The molecule has 0 aromatic heterocycles. The summed E-state index contributed by atoms with van der Waals surface area (Å²) < 4.78 is 18.1. The lowest BCUT2D eigenvalue weighted by atomic mass is 10.1. The molecule has 33 heavy (non-hydrogen) atoms. The van der Waals surface area contributed by atoms with Crippen LogP contribution in [0.2, 0.25) is 0 Å². The second-order valence-electron chi connectivity index (χ2n) is 8.00. The molecule has 2 rings (SSSR count). The summed E-state index contributed by atoms with van der Waals surface area (Å²) in [5.41, 5.74) is 0.922. The van der Waals surface area contributed by atoms with Crippen LogP contribution in [0, 0.1) is 17.2 Å². The van der Waals surface area contributed by atoms with Crippen LogP contribution in [-0.4, -0.2) is 85.8 Å². The zero-order chi connectivity index (χ0) is 24.2. The van der Waals surface area contributed by atoms with Crippen molar-refractivity contribution < 1.29 is 18.7 Å². The van der Waals surface area contributed by atoms with E-state index in [2.05, 4.69) is 15.5 Å². The molecular weight excluding hydrogens is 445 g/mol. The van der Waals surface area contributed by atoms with E-state index in [1.54, 1.807) is 4.90 Å². The Morgan fingerprint density at radius 2 is 2.18 bits per heavy atom. The number of anilines is 1. The number of nitrogens with zero attached hydrogens (tertiary/aromatic N) is 3. The van der Waals surface area contributed by atoms with Gasteiger partial charge in [-0.05, 0) is 39.6 Å². The summed E-state index contributed by atoms with van der Waals surface area (Å²) in [7, 11) is 3.99. The lowest BCUT2D eigenvalue weighted by molar-refractivity contribution is -0.131. The average molecular weight is 480 g/mol. The van der Waals surface area contributed by atoms with E-state index in [0.717, 1.165) is 18.0 Å². The molecule has 2 amide bonds. The van der Waals surface area contributed by atoms with Gasteiger partial charge >= 0.3 is 0 Å². The molecule has 3 atom stereocenters. The SMILES string of the molecule is CCN1C(=O)C(CCNc2cccc(OCCN(C)C)c2)SC1CC(C#N)C(=O)NCCF. The van der Waals surface area contributed by atoms with E-state index in [0.29, 0.717) is 26.1 Å². The fourth-order valence-electron chi connectivity index (χ4n) is 3.49. The minimum Gasteiger partial charge on any atom is -0.492 e. The van der Waals surface area contributed by atoms with E-state index in [1.807, 2.05) is 51.4 Å². The number of thioether (sulfide) groups is 1. The normalized spacial score (nSPS) is 18.8. The van der Waals surface area contributed by atoms with Crippen LogP contribution in [0.3, 0.4) is 0 Å². The molecular formula is C23H34FN5O3S. The summed E-state index contributed by atoms with van der Waals surface area (Å²) in [4.78, 5) is 28.7. The minimum atomic E-state index is -0.914. The lowest BCUT2D eigenvalue weighted by Crippen LogP contribution is -2.38. The van der Waals surface area contributed by atoms with Crippen molar-refractivity contribution in [1.82, 2.24) is 15.1 Å². The average Bonchev–Trinajstić information content (AvgIpc) is 3.09. The number of nitrogens with one attached hydrogen (secondary N) is 2. The summed E-state index contributed by atoms with van der Waals surface area (Å²) in [6.07, 6.45) is 0.850. The number of hydrogen-bond acceptors (Lipinski definition) is 7. The Bertz CT molecular complexity index is 820. The second-order valence-corrected chi connectivity index (χ2v) is 9.38. The molecule has 0 radical (unpaired) electrons. The number of amides is 2. The largest absolute Gasteiger partial charge is 0.492 e. The van der Waals surface area contributed by atoms with Crippen molar-refractivity contribution >= 4 is 29.3 Å². The molecule has 1 aromatic carbocycles. The van der Waals surface area contributed by atoms with E-state index in [4.69, 9.17) is 4.74 Å². The third kappa shape index (κ3) is 8.41. The summed E-state index contributed by atoms with van der Waals surface area (Å²) >= 11 is 1.49. The highest BCUT2D eigenvalue weighted by Gasteiger charge is 2.40. The minimum absolute atomic E-state index is 0.0240. The highest BCUT2D eigenvalue weighted by atomic mass is 32.2. The number of likely N-dealkylation sites (N-methyl/N-ethyl adjacent to an activating group) is 1. The molecule has 1 aliphatic rings. The first kappa shape index (κ1) is 26.7. The molecule has 1 fully saturated rings. The standard InChI is InChI=1S/C23H34FN5O3S/c1-4-29-21(14-17(16-25)22(30)27-11-9-24)33-20(23(29)31)8-10-26-18-6-5-7-19(15-18)32-13-12-28(2)3/h5-7,15,17,20-21,26H,4,8-14H2,1-3H3,(H,27,30). The van der Waals surface area contributed by atoms with Gasteiger partial charge in [0, 0.05) is 44.4 Å². The highest BCUT2D eigenvalue weighted by Crippen LogP contribution is 2.37. The van der Waals surface area contributed by atoms with Crippen molar-refractivity contribution in [2.24, 2.45) is 5.92 Å². The molecule has 1 aliphatic heterocycles. The Balaban J connectivity index is 1.87. The Kier molecular flexibility index (Phi) is 11.3. The maximum atomic E-state index is 12.8. The monoisotopic (exact) mass is 479 g/mol. The predicted octanol–water partition coefficient (Wildman–Crippen LogP) is 2.33. The fraction of sp³-hybridized carbons (Fsp3) is 0.609. The molecule has 0 saturated carbocycles. The molecule has 10 heteroatoms. The lowest BCUT2D eigenvalue weighted by Gasteiger charge is -2.23. The fourth-order valence-corrected chi connectivity index (χ4v) is 5.07. The molecule has 3 unspecified atom stereocenters. The number of benzene rings is 1. The van der Waals surface area contributed by atoms with Crippen LogP contribution < -0.4 is 15.4 Å². The number of carbonyl (C=O) groups excluding carboxylic acids is 2. The van der Waals surface area contributed by atoms with Crippen LogP contribution in [0.15, 0.2) is 24.3 Å². The molecule has 1 saturated heterocycles. The Hall–Kier alpha value is -2.51. The zero-order valence-electron chi connectivity index (χ0n) is 19.6. The van der Waals surface area contributed by atoms with E-state index in [1.165, 1.54) is 11.8 Å². The van der Waals surface area contributed by atoms with Gasteiger partial charge in [0.05, 0.1) is 16.7 Å². The Morgan fingerprint density at radius 1 is 1.39 bits per heavy atom. The topological polar surface area (TPSA) is 97.7 Å². The van der Waals surface area contributed by atoms with Gasteiger partial charge in [-0.1, -0.05) is 6.07 Å². The quantitative estimate of drug-likeness (QED) is 0.423. The van der Waals surface area contributed by atoms with Gasteiger partial charge < -0.3 is 25.2 Å². The van der Waals surface area contributed by atoms with Crippen molar-refractivity contribution in [3.8, 4) is 11.8 Å². The number of nitriles is 1. The smallest absolute Gasteiger partial charge is 0.237 e. The summed E-state index contributed by atoms with van der Waals surface area (Å²) in [6.45, 7) is 3.65. The maximum Gasteiger partial charge on any atom is 0.237 e. The first-order chi connectivity index (χ1) is 15.9. The molecule has 1 aromatic rings. The second kappa shape index (κ2) is 13.9. The van der Waals surface area contributed by atoms with Crippen LogP contribution in [0.1, 0.15) is 19.8 Å². The molecule has 0 bridgehead atoms. The van der Waals surface area contributed by atoms with Gasteiger partial charge in [0.2, 0.25) is 11.8 Å². The van der Waals surface area contributed by atoms with Crippen molar-refractivity contribution in [2.45, 2.75) is 30.4 Å². The molecule has 1 heterocycles. The van der Waals surface area contributed by atoms with Gasteiger partial charge in [-0.3, -0.25) is 9.59 Å². The van der Waals surface area contributed by atoms with E-state index >= 15 is 0 Å². The number of ether oxygens (including phenoxy) is 1. The van der Waals surface area contributed by atoms with Crippen molar-refractivity contribution in [1.29, 1.82) is 5.26 Å². The van der Waals surface area contributed by atoms with Gasteiger partial charge in [-0.25, -0.2) is 4.39 Å². The number of hydrogen-bond donors (Lipinski definition) is 2. The molecule has 182 valence electrons. The van der Waals surface area contributed by atoms with Crippen molar-refractivity contribution in [3.63, 3.8) is 0 Å². The number of carbonyl (C=O) groups is 2. The summed E-state index contributed by atoms with van der Waals surface area (Å²) in [6, 6.07) is 9.72. The third-order valence-electron chi connectivity index (χ3n) is 5.25. The van der Waals surface area contributed by atoms with Crippen LogP contribution in [-0.2, 0) is 9.59 Å². The predicted molar refractivity (Wildman–Crippen MR) is 129 cm³/mol. The molecule has 8 nitrogen and oxygen atoms in total. The van der Waals surface area contributed by atoms with Gasteiger partial charge in [0.1, 0.15) is 24.9 Å². The van der Waals surface area contributed by atoms with Gasteiger partial charge in [-0.15, -0.1) is 11.8 Å². The van der Waals surface area contributed by atoms with E-state index < -0.39 is 18.5 Å². The number of rotatable bonds is 14. The molecule has 0 spiro atoms. The van der Waals surface area contributed by atoms with Crippen molar-refractivity contribution in [2.75, 3.05) is 58.9 Å². The first-order valence-electron chi connectivity index (χ1n) is 11.2. The maximum absolute atomic E-state index is 12.8.